The Morgan fingerprint density at radius 2 is 1.78 bits per heavy atom. The maximum atomic E-state index is 4.27. The summed E-state index contributed by atoms with van der Waals surface area (Å²) in [5.41, 5.74) is 0. The van der Waals surface area contributed by atoms with Crippen LogP contribution in [0, 0.1) is 6.92 Å². The zero-order valence-electron chi connectivity index (χ0n) is 15.0. The second kappa shape index (κ2) is 14.0. The maximum absolute atomic E-state index is 4.27. The Balaban J connectivity index is 0.00000484. The van der Waals surface area contributed by atoms with Crippen LogP contribution in [0.2, 0.25) is 0 Å². The second-order valence-electron chi connectivity index (χ2n) is 5.94. The smallest absolute Gasteiger partial charge is 0.191 e. The average molecular weight is 452 g/mol. The molecule has 0 aliphatic rings. The van der Waals surface area contributed by atoms with Gasteiger partial charge in [-0.3, -0.25) is 4.99 Å². The summed E-state index contributed by atoms with van der Waals surface area (Å²) in [7, 11) is 6.11. The Bertz CT molecular complexity index is 432. The molecule has 1 aromatic rings. The predicted octanol–water partition coefficient (Wildman–Crippen LogP) is 3.85. The van der Waals surface area contributed by atoms with Gasteiger partial charge < -0.3 is 15.5 Å². The van der Waals surface area contributed by atoms with E-state index in [4.69, 9.17) is 0 Å². The lowest BCUT2D eigenvalue weighted by Gasteiger charge is -2.11. The third-order valence-corrected chi connectivity index (χ3v) is 4.52. The zero-order valence-corrected chi connectivity index (χ0v) is 18.2. The summed E-state index contributed by atoms with van der Waals surface area (Å²) in [6.45, 7) is 5.19. The summed E-state index contributed by atoms with van der Waals surface area (Å²) in [5.74, 6) is 0.902. The van der Waals surface area contributed by atoms with Crippen molar-refractivity contribution < 1.29 is 0 Å². The third kappa shape index (κ3) is 11.8. The number of rotatable bonds is 10. The van der Waals surface area contributed by atoms with Crippen LogP contribution in [0.1, 0.15) is 41.9 Å². The van der Waals surface area contributed by atoms with E-state index in [9.17, 15) is 0 Å². The highest BCUT2D eigenvalue weighted by molar-refractivity contribution is 14.0. The molecule has 0 aliphatic carbocycles. The van der Waals surface area contributed by atoms with Crippen LogP contribution in [-0.4, -0.2) is 45.1 Å². The highest BCUT2D eigenvalue weighted by atomic mass is 127. The molecule has 1 rings (SSSR count). The largest absolute Gasteiger partial charge is 0.356 e. The molecule has 23 heavy (non-hydrogen) atoms. The Labute approximate surface area is 163 Å². The zero-order chi connectivity index (χ0) is 16.2. The van der Waals surface area contributed by atoms with Crippen LogP contribution in [0.3, 0.4) is 0 Å². The molecule has 0 amide bonds. The lowest BCUT2D eigenvalue weighted by atomic mass is 10.1. The van der Waals surface area contributed by atoms with Gasteiger partial charge in [0.05, 0.1) is 6.54 Å². The fourth-order valence-corrected chi connectivity index (χ4v) is 3.09. The second-order valence-corrected chi connectivity index (χ2v) is 7.31. The van der Waals surface area contributed by atoms with Gasteiger partial charge in [0.1, 0.15) is 0 Å². The van der Waals surface area contributed by atoms with E-state index in [0.29, 0.717) is 0 Å². The summed E-state index contributed by atoms with van der Waals surface area (Å²) < 4.78 is 0. The van der Waals surface area contributed by atoms with Crippen LogP contribution < -0.4 is 10.6 Å². The molecular formula is C17H33IN4S. The Morgan fingerprint density at radius 3 is 2.39 bits per heavy atom. The molecule has 0 unspecified atom stereocenters. The average Bonchev–Trinajstić information content (AvgIpc) is 2.90. The number of nitrogens with one attached hydrogen (secondary N) is 2. The molecular weight excluding hydrogens is 419 g/mol. The van der Waals surface area contributed by atoms with Gasteiger partial charge in [-0.25, -0.2) is 0 Å². The fraction of sp³-hybridized carbons (Fsp3) is 0.706. The van der Waals surface area contributed by atoms with Crippen LogP contribution >= 0.6 is 35.3 Å². The lowest BCUT2D eigenvalue weighted by molar-refractivity contribution is 0.389. The topological polar surface area (TPSA) is 39.7 Å². The van der Waals surface area contributed by atoms with Crippen molar-refractivity contribution in [2.45, 2.75) is 45.6 Å². The summed E-state index contributed by atoms with van der Waals surface area (Å²) in [5, 5.41) is 6.76. The summed E-state index contributed by atoms with van der Waals surface area (Å²) in [6, 6.07) is 4.34. The number of hydrogen-bond acceptors (Lipinski definition) is 3. The summed E-state index contributed by atoms with van der Waals surface area (Å²) in [4.78, 5) is 9.23. The molecule has 6 heteroatoms. The molecule has 0 aliphatic heterocycles. The first-order valence-corrected chi connectivity index (χ1v) is 9.08. The lowest BCUT2D eigenvalue weighted by Crippen LogP contribution is -2.37. The number of aryl methyl sites for hydroxylation is 1. The van der Waals surface area contributed by atoms with Gasteiger partial charge in [0.2, 0.25) is 0 Å². The van der Waals surface area contributed by atoms with E-state index in [1.165, 1.54) is 48.4 Å². The minimum atomic E-state index is 0. The van der Waals surface area contributed by atoms with Gasteiger partial charge in [0.25, 0.3) is 0 Å². The Kier molecular flexibility index (Phi) is 13.8. The summed E-state index contributed by atoms with van der Waals surface area (Å²) in [6.07, 6.45) is 6.48. The minimum absolute atomic E-state index is 0. The number of halogens is 1. The van der Waals surface area contributed by atoms with Crippen LogP contribution in [-0.2, 0) is 6.54 Å². The number of nitrogens with zero attached hydrogens (tertiary/aromatic N) is 2. The number of thiophene rings is 1. The van der Waals surface area contributed by atoms with Gasteiger partial charge in [-0.2, -0.15) is 0 Å². The molecule has 0 saturated carbocycles. The molecule has 1 aromatic heterocycles. The van der Waals surface area contributed by atoms with Crippen molar-refractivity contribution in [1.29, 1.82) is 0 Å². The SMILES string of the molecule is CN=C(NCCCCCCCN(C)C)NCc1ccc(C)s1.I. The molecule has 2 N–H and O–H groups in total. The van der Waals surface area contributed by atoms with E-state index < -0.39 is 0 Å². The van der Waals surface area contributed by atoms with Crippen molar-refractivity contribution in [2.75, 3.05) is 34.2 Å². The van der Waals surface area contributed by atoms with Crippen LogP contribution in [0.5, 0.6) is 0 Å². The van der Waals surface area contributed by atoms with Crippen molar-refractivity contribution in [3.63, 3.8) is 0 Å². The van der Waals surface area contributed by atoms with Gasteiger partial charge in [-0.05, 0) is 52.5 Å². The van der Waals surface area contributed by atoms with Gasteiger partial charge in [0, 0.05) is 23.3 Å². The van der Waals surface area contributed by atoms with Crippen molar-refractivity contribution in [1.82, 2.24) is 15.5 Å². The summed E-state index contributed by atoms with van der Waals surface area (Å²) >= 11 is 1.83. The molecule has 0 fully saturated rings. The van der Waals surface area contributed by atoms with Crippen molar-refractivity contribution in [3.05, 3.63) is 21.9 Å². The highest BCUT2D eigenvalue weighted by Crippen LogP contribution is 2.14. The van der Waals surface area contributed by atoms with Crippen molar-refractivity contribution >= 4 is 41.3 Å². The van der Waals surface area contributed by atoms with E-state index in [-0.39, 0.29) is 24.0 Å². The first-order valence-electron chi connectivity index (χ1n) is 8.26. The molecule has 0 atom stereocenters. The quantitative estimate of drug-likeness (QED) is 0.245. The van der Waals surface area contributed by atoms with E-state index in [1.807, 2.05) is 18.4 Å². The van der Waals surface area contributed by atoms with Crippen molar-refractivity contribution in [3.8, 4) is 0 Å². The first kappa shape index (κ1) is 22.7. The highest BCUT2D eigenvalue weighted by Gasteiger charge is 2.00. The van der Waals surface area contributed by atoms with Crippen LogP contribution in [0.4, 0.5) is 0 Å². The van der Waals surface area contributed by atoms with Crippen LogP contribution in [0.25, 0.3) is 0 Å². The molecule has 1 heterocycles. The molecule has 4 nitrogen and oxygen atoms in total. The molecule has 0 radical (unpaired) electrons. The molecule has 0 bridgehead atoms. The maximum Gasteiger partial charge on any atom is 0.191 e. The number of aliphatic imine (C=N–C) groups is 1. The monoisotopic (exact) mass is 452 g/mol. The van der Waals surface area contributed by atoms with E-state index in [2.05, 4.69) is 53.7 Å². The number of unbranched alkanes of at least 4 members (excludes halogenated alkanes) is 4. The number of hydrogen-bond donors (Lipinski definition) is 2. The third-order valence-electron chi connectivity index (χ3n) is 3.52. The van der Waals surface area contributed by atoms with Gasteiger partial charge in [-0.1, -0.05) is 19.3 Å². The standard InChI is InChI=1S/C17H32N4S.HI/c1-15-10-11-16(22-15)14-20-17(18-2)19-12-8-6-5-7-9-13-21(3)4;/h10-11H,5-9,12-14H2,1-4H3,(H2,18,19,20);1H. The van der Waals surface area contributed by atoms with Gasteiger partial charge >= 0.3 is 0 Å². The van der Waals surface area contributed by atoms with Crippen LogP contribution in [0.15, 0.2) is 17.1 Å². The predicted molar refractivity (Wildman–Crippen MR) is 114 cm³/mol. The van der Waals surface area contributed by atoms with E-state index in [1.54, 1.807) is 0 Å². The minimum Gasteiger partial charge on any atom is -0.356 e. The van der Waals surface area contributed by atoms with Gasteiger partial charge in [0.15, 0.2) is 5.96 Å². The first-order chi connectivity index (χ1) is 10.6. The fourth-order valence-electron chi connectivity index (χ4n) is 2.26. The molecule has 0 spiro atoms. The molecule has 0 saturated heterocycles. The Hall–Kier alpha value is -0.340. The van der Waals surface area contributed by atoms with E-state index >= 15 is 0 Å². The van der Waals surface area contributed by atoms with Crippen molar-refractivity contribution in [2.24, 2.45) is 4.99 Å². The molecule has 134 valence electrons. The Morgan fingerprint density at radius 1 is 1.09 bits per heavy atom. The number of guanidine groups is 1. The van der Waals surface area contributed by atoms with E-state index in [0.717, 1.165) is 19.0 Å². The van der Waals surface area contributed by atoms with Gasteiger partial charge in [-0.15, -0.1) is 35.3 Å². The molecule has 0 aromatic carbocycles. The normalized spacial score (nSPS) is 11.4.